The Hall–Kier alpha value is -2.34. The molecule has 1 saturated heterocycles. The molecule has 0 aliphatic carbocycles. The average Bonchev–Trinajstić information content (AvgIpc) is 3.29. The fraction of sp³-hybridized carbons (Fsp3) is 0.400. The van der Waals surface area contributed by atoms with Gasteiger partial charge in [0.15, 0.2) is 0 Å². The number of carbonyl (C=O) groups excluding carboxylic acids is 1. The molecule has 136 valence electrons. The highest BCUT2D eigenvalue weighted by Crippen LogP contribution is 2.23. The van der Waals surface area contributed by atoms with Gasteiger partial charge in [0.05, 0.1) is 17.6 Å². The van der Waals surface area contributed by atoms with Crippen molar-refractivity contribution >= 4 is 28.4 Å². The van der Waals surface area contributed by atoms with E-state index in [1.165, 1.54) is 10.4 Å². The summed E-state index contributed by atoms with van der Waals surface area (Å²) in [4.78, 5) is 20.1. The van der Waals surface area contributed by atoms with Crippen LogP contribution in [0.1, 0.15) is 23.5 Å². The van der Waals surface area contributed by atoms with Crippen LogP contribution in [0.15, 0.2) is 41.8 Å². The van der Waals surface area contributed by atoms with E-state index in [0.717, 1.165) is 43.8 Å². The quantitative estimate of drug-likeness (QED) is 0.756. The van der Waals surface area contributed by atoms with E-state index in [0.29, 0.717) is 12.5 Å². The summed E-state index contributed by atoms with van der Waals surface area (Å²) in [6.45, 7) is 5.33. The Labute approximate surface area is 157 Å². The number of fused-ring (bicyclic) bond motifs is 1. The second-order valence-electron chi connectivity index (χ2n) is 6.93. The number of nitrogens with zero attached hydrogens (tertiary/aromatic N) is 3. The number of urea groups is 1. The lowest BCUT2D eigenvalue weighted by Crippen LogP contribution is -2.44. The number of aryl methyl sites for hydroxylation is 1. The second-order valence-corrected chi connectivity index (χ2v) is 7.96. The lowest BCUT2D eigenvalue weighted by atomic mass is 9.97. The maximum Gasteiger partial charge on any atom is 0.317 e. The molecule has 0 radical (unpaired) electrons. The molecule has 1 aromatic carbocycles. The SMILES string of the molecule is Cc1nc2ccccc2n1CC1CCN(C(=O)NCc2cccs2)CC1. The number of piperidine rings is 1. The number of imidazole rings is 1. The number of thiophene rings is 1. The molecule has 2 aromatic heterocycles. The zero-order valence-electron chi connectivity index (χ0n) is 15.0. The summed E-state index contributed by atoms with van der Waals surface area (Å²) in [6.07, 6.45) is 2.08. The minimum absolute atomic E-state index is 0.0566. The molecule has 3 heterocycles. The molecule has 1 fully saturated rings. The summed E-state index contributed by atoms with van der Waals surface area (Å²) in [6, 6.07) is 12.4. The van der Waals surface area contributed by atoms with Gasteiger partial charge in [0.1, 0.15) is 5.82 Å². The largest absolute Gasteiger partial charge is 0.333 e. The normalized spacial score (nSPS) is 15.5. The van der Waals surface area contributed by atoms with Gasteiger partial charge in [-0.2, -0.15) is 0 Å². The number of amides is 2. The first-order chi connectivity index (χ1) is 12.7. The minimum atomic E-state index is 0.0566. The van der Waals surface area contributed by atoms with Gasteiger partial charge in [0, 0.05) is 24.5 Å². The summed E-state index contributed by atoms with van der Waals surface area (Å²) < 4.78 is 2.33. The first-order valence-electron chi connectivity index (χ1n) is 9.18. The van der Waals surface area contributed by atoms with Crippen molar-refractivity contribution in [3.63, 3.8) is 0 Å². The Morgan fingerprint density at radius 3 is 2.81 bits per heavy atom. The minimum Gasteiger partial charge on any atom is -0.333 e. The van der Waals surface area contributed by atoms with Crippen molar-refractivity contribution in [2.24, 2.45) is 5.92 Å². The summed E-state index contributed by atoms with van der Waals surface area (Å²) in [5, 5.41) is 5.07. The third kappa shape index (κ3) is 3.60. The number of likely N-dealkylation sites (tertiary alicyclic amines) is 1. The first-order valence-corrected chi connectivity index (χ1v) is 10.1. The maximum absolute atomic E-state index is 12.4. The molecule has 4 rings (SSSR count). The number of aromatic nitrogens is 2. The van der Waals surface area contributed by atoms with Gasteiger partial charge in [0.2, 0.25) is 0 Å². The van der Waals surface area contributed by atoms with E-state index in [1.54, 1.807) is 11.3 Å². The molecule has 1 aliphatic rings. The summed E-state index contributed by atoms with van der Waals surface area (Å²) in [5.41, 5.74) is 2.27. The van der Waals surface area contributed by atoms with E-state index in [4.69, 9.17) is 0 Å². The number of hydrogen-bond donors (Lipinski definition) is 1. The van der Waals surface area contributed by atoms with E-state index in [1.807, 2.05) is 22.4 Å². The van der Waals surface area contributed by atoms with Crippen LogP contribution in [0.3, 0.4) is 0 Å². The molecule has 0 atom stereocenters. The topological polar surface area (TPSA) is 50.2 Å². The van der Waals surface area contributed by atoms with Crippen molar-refractivity contribution in [2.45, 2.75) is 32.9 Å². The molecule has 6 heteroatoms. The van der Waals surface area contributed by atoms with Crippen molar-refractivity contribution in [1.29, 1.82) is 0 Å². The molecule has 0 spiro atoms. The van der Waals surface area contributed by atoms with Crippen LogP contribution in [0.25, 0.3) is 11.0 Å². The number of benzene rings is 1. The molecular weight excluding hydrogens is 344 g/mol. The van der Waals surface area contributed by atoms with E-state index in [9.17, 15) is 4.79 Å². The van der Waals surface area contributed by atoms with Gasteiger partial charge < -0.3 is 14.8 Å². The molecule has 26 heavy (non-hydrogen) atoms. The first kappa shape index (κ1) is 17.1. The zero-order valence-corrected chi connectivity index (χ0v) is 15.8. The summed E-state index contributed by atoms with van der Waals surface area (Å²) in [5.74, 6) is 1.66. The number of para-hydroxylation sites is 2. The van der Waals surface area contributed by atoms with Gasteiger partial charge in [-0.1, -0.05) is 18.2 Å². The highest BCUT2D eigenvalue weighted by Gasteiger charge is 2.23. The van der Waals surface area contributed by atoms with Gasteiger partial charge in [0.25, 0.3) is 0 Å². The highest BCUT2D eigenvalue weighted by molar-refractivity contribution is 7.09. The number of carbonyl (C=O) groups is 1. The van der Waals surface area contributed by atoms with Crippen molar-refractivity contribution in [3.8, 4) is 0 Å². The van der Waals surface area contributed by atoms with Crippen LogP contribution in [0.2, 0.25) is 0 Å². The third-order valence-corrected chi connectivity index (χ3v) is 6.06. The number of nitrogens with one attached hydrogen (secondary N) is 1. The van der Waals surface area contributed by atoms with Crippen molar-refractivity contribution in [1.82, 2.24) is 19.8 Å². The van der Waals surface area contributed by atoms with Gasteiger partial charge in [-0.3, -0.25) is 0 Å². The van der Waals surface area contributed by atoms with Gasteiger partial charge in [-0.25, -0.2) is 9.78 Å². The maximum atomic E-state index is 12.4. The molecule has 3 aromatic rings. The van der Waals surface area contributed by atoms with Crippen LogP contribution in [0, 0.1) is 12.8 Å². The Bertz CT molecular complexity index is 878. The molecule has 1 N–H and O–H groups in total. The predicted molar refractivity (Wildman–Crippen MR) is 105 cm³/mol. The van der Waals surface area contributed by atoms with E-state index in [-0.39, 0.29) is 6.03 Å². The van der Waals surface area contributed by atoms with Crippen molar-refractivity contribution < 1.29 is 4.79 Å². The molecule has 0 unspecified atom stereocenters. The van der Waals surface area contributed by atoms with Gasteiger partial charge >= 0.3 is 6.03 Å². The van der Waals surface area contributed by atoms with Crippen LogP contribution in [-0.4, -0.2) is 33.6 Å². The van der Waals surface area contributed by atoms with Crippen LogP contribution < -0.4 is 5.32 Å². The summed E-state index contributed by atoms with van der Waals surface area (Å²) >= 11 is 1.67. The fourth-order valence-corrected chi connectivity index (χ4v) is 4.34. The standard InChI is InChI=1S/C20H24N4OS/c1-15-22-18-6-2-3-7-19(18)24(15)14-16-8-10-23(11-9-16)20(25)21-13-17-5-4-12-26-17/h2-7,12,16H,8-11,13-14H2,1H3,(H,21,25). The van der Waals surface area contributed by atoms with E-state index >= 15 is 0 Å². The monoisotopic (exact) mass is 368 g/mol. The Kier molecular flexibility index (Phi) is 4.93. The Morgan fingerprint density at radius 2 is 2.04 bits per heavy atom. The van der Waals surface area contributed by atoms with Crippen LogP contribution in [0.4, 0.5) is 4.79 Å². The van der Waals surface area contributed by atoms with E-state index < -0.39 is 0 Å². The lowest BCUT2D eigenvalue weighted by Gasteiger charge is -2.32. The van der Waals surface area contributed by atoms with Gasteiger partial charge in [-0.15, -0.1) is 11.3 Å². The van der Waals surface area contributed by atoms with E-state index in [2.05, 4.69) is 46.1 Å². The molecule has 0 saturated carbocycles. The second kappa shape index (κ2) is 7.50. The summed E-state index contributed by atoms with van der Waals surface area (Å²) in [7, 11) is 0. The highest BCUT2D eigenvalue weighted by atomic mass is 32.1. The Balaban J connectivity index is 1.32. The van der Waals surface area contributed by atoms with Crippen molar-refractivity contribution in [2.75, 3.05) is 13.1 Å². The van der Waals surface area contributed by atoms with Gasteiger partial charge in [-0.05, 0) is 49.3 Å². The number of rotatable bonds is 4. The average molecular weight is 369 g/mol. The molecule has 1 aliphatic heterocycles. The van der Waals surface area contributed by atoms with Crippen LogP contribution >= 0.6 is 11.3 Å². The Morgan fingerprint density at radius 1 is 1.23 bits per heavy atom. The predicted octanol–water partition coefficient (Wildman–Crippen LogP) is 4.03. The molecule has 5 nitrogen and oxygen atoms in total. The van der Waals surface area contributed by atoms with Crippen molar-refractivity contribution in [3.05, 3.63) is 52.5 Å². The van der Waals surface area contributed by atoms with Crippen LogP contribution in [0.5, 0.6) is 0 Å². The third-order valence-electron chi connectivity index (χ3n) is 5.18. The van der Waals surface area contributed by atoms with Crippen LogP contribution in [-0.2, 0) is 13.1 Å². The smallest absolute Gasteiger partial charge is 0.317 e. The number of hydrogen-bond acceptors (Lipinski definition) is 3. The molecule has 0 bridgehead atoms. The fourth-order valence-electron chi connectivity index (χ4n) is 3.69. The molecule has 2 amide bonds. The lowest BCUT2D eigenvalue weighted by molar-refractivity contribution is 0.165. The zero-order chi connectivity index (χ0) is 17.9. The molecular formula is C20H24N4OS.